The molecule has 30 heavy (non-hydrogen) atoms. The van der Waals surface area contributed by atoms with E-state index in [0.29, 0.717) is 46.6 Å². The van der Waals surface area contributed by atoms with Crippen molar-refractivity contribution in [3.63, 3.8) is 0 Å². The zero-order valence-electron chi connectivity index (χ0n) is 15.4. The number of carbonyl (C=O) groups excluding carboxylic acids is 3. The van der Waals surface area contributed by atoms with Gasteiger partial charge in [0.15, 0.2) is 6.61 Å². The highest BCUT2D eigenvalue weighted by Crippen LogP contribution is 2.37. The normalized spacial score (nSPS) is 18.3. The van der Waals surface area contributed by atoms with Gasteiger partial charge in [-0.25, -0.2) is 4.79 Å². The second-order valence-electron chi connectivity index (χ2n) is 6.26. The number of nitrogens with zero attached hydrogens (tertiary/aromatic N) is 2. The van der Waals surface area contributed by atoms with Gasteiger partial charge in [-0.2, -0.15) is 0 Å². The Kier molecular flexibility index (Phi) is 7.55. The summed E-state index contributed by atoms with van der Waals surface area (Å²) in [6, 6.07) is 3.27. The lowest BCUT2D eigenvalue weighted by atomic mass is 10.2. The first-order chi connectivity index (χ1) is 14.3. The SMILES string of the molecule is O=C(O)COc1c(Br)cc(/C=C2\SC(=O)N(CC(=O)N3CCOCC3)C2=O)cc1Br. The number of hydrogen-bond donors (Lipinski definition) is 1. The molecule has 2 aliphatic heterocycles. The Balaban J connectivity index is 1.73. The van der Waals surface area contributed by atoms with Crippen LogP contribution in [0.5, 0.6) is 5.75 Å². The number of rotatable bonds is 6. The van der Waals surface area contributed by atoms with E-state index in [1.807, 2.05) is 0 Å². The summed E-state index contributed by atoms with van der Waals surface area (Å²) in [6.07, 6.45) is 1.53. The van der Waals surface area contributed by atoms with Gasteiger partial charge in [0, 0.05) is 13.1 Å². The van der Waals surface area contributed by atoms with Crippen molar-refractivity contribution in [1.29, 1.82) is 0 Å². The summed E-state index contributed by atoms with van der Waals surface area (Å²) >= 11 is 7.37. The number of hydrogen-bond acceptors (Lipinski definition) is 7. The van der Waals surface area contributed by atoms with E-state index < -0.39 is 23.7 Å². The highest BCUT2D eigenvalue weighted by atomic mass is 79.9. The van der Waals surface area contributed by atoms with Gasteiger partial charge in [0.1, 0.15) is 12.3 Å². The maximum Gasteiger partial charge on any atom is 0.341 e. The van der Waals surface area contributed by atoms with Gasteiger partial charge in [-0.1, -0.05) is 0 Å². The maximum atomic E-state index is 12.7. The number of carboxylic acids is 1. The van der Waals surface area contributed by atoms with Crippen molar-refractivity contribution in [3.8, 4) is 5.75 Å². The van der Waals surface area contributed by atoms with Gasteiger partial charge >= 0.3 is 5.97 Å². The van der Waals surface area contributed by atoms with Gasteiger partial charge in [0.2, 0.25) is 5.91 Å². The highest BCUT2D eigenvalue weighted by molar-refractivity contribution is 9.11. The van der Waals surface area contributed by atoms with E-state index in [1.165, 1.54) is 6.08 Å². The molecule has 0 atom stereocenters. The van der Waals surface area contributed by atoms with Crippen LogP contribution in [0.3, 0.4) is 0 Å². The molecule has 2 saturated heterocycles. The van der Waals surface area contributed by atoms with Crippen LogP contribution in [0.2, 0.25) is 0 Å². The Morgan fingerprint density at radius 3 is 2.43 bits per heavy atom. The minimum Gasteiger partial charge on any atom is -0.480 e. The number of ether oxygens (including phenoxy) is 2. The fourth-order valence-corrected chi connectivity index (χ4v) is 5.06. The Labute approximate surface area is 192 Å². The van der Waals surface area contributed by atoms with Gasteiger partial charge in [-0.15, -0.1) is 0 Å². The minimum atomic E-state index is -1.11. The zero-order chi connectivity index (χ0) is 21.8. The standard InChI is InChI=1S/C18H16Br2N2O7S/c19-11-5-10(6-12(20)16(11)29-9-15(24)25)7-13-17(26)22(18(27)30-13)8-14(23)21-1-3-28-4-2-21/h5-7H,1-4,8-9H2,(H,24,25)/b13-7-. The highest BCUT2D eigenvalue weighted by Gasteiger charge is 2.37. The van der Waals surface area contributed by atoms with Crippen LogP contribution in [0.15, 0.2) is 26.0 Å². The summed E-state index contributed by atoms with van der Waals surface area (Å²) in [4.78, 5) is 50.7. The van der Waals surface area contributed by atoms with E-state index in [9.17, 15) is 19.2 Å². The molecule has 3 amide bonds. The molecule has 9 nitrogen and oxygen atoms in total. The number of amides is 3. The number of thioether (sulfide) groups is 1. The van der Waals surface area contributed by atoms with Gasteiger partial charge in [0.05, 0.1) is 27.1 Å². The van der Waals surface area contributed by atoms with E-state index >= 15 is 0 Å². The first kappa shape index (κ1) is 22.8. The van der Waals surface area contributed by atoms with E-state index in [-0.39, 0.29) is 17.4 Å². The Hall–Kier alpha value is -1.89. The van der Waals surface area contributed by atoms with Gasteiger partial charge in [-0.05, 0) is 67.4 Å². The fourth-order valence-electron chi connectivity index (χ4n) is 2.77. The van der Waals surface area contributed by atoms with Crippen molar-refractivity contribution in [2.24, 2.45) is 0 Å². The van der Waals surface area contributed by atoms with Gasteiger partial charge < -0.3 is 19.5 Å². The number of benzene rings is 1. The Bertz CT molecular complexity index is 908. The van der Waals surface area contributed by atoms with Crippen LogP contribution < -0.4 is 4.74 Å². The van der Waals surface area contributed by atoms with Crippen LogP contribution in [-0.2, 0) is 19.1 Å². The summed E-state index contributed by atoms with van der Waals surface area (Å²) in [5.74, 6) is -1.64. The lowest BCUT2D eigenvalue weighted by Crippen LogP contribution is -2.46. The number of imide groups is 1. The fraction of sp³-hybridized carbons (Fsp3) is 0.333. The molecule has 3 rings (SSSR count). The third-order valence-corrected chi connectivity index (χ3v) is 6.27. The Morgan fingerprint density at radius 1 is 1.20 bits per heavy atom. The van der Waals surface area contributed by atoms with Crippen molar-refractivity contribution in [2.45, 2.75) is 0 Å². The quantitative estimate of drug-likeness (QED) is 0.525. The molecule has 0 aromatic heterocycles. The second kappa shape index (κ2) is 9.94. The van der Waals surface area contributed by atoms with Crippen molar-refractivity contribution in [2.75, 3.05) is 39.5 Å². The molecule has 1 N–H and O–H groups in total. The molecule has 0 radical (unpaired) electrons. The molecule has 0 unspecified atom stereocenters. The van der Waals surface area contributed by atoms with Crippen LogP contribution in [0, 0.1) is 0 Å². The molecule has 160 valence electrons. The summed E-state index contributed by atoms with van der Waals surface area (Å²) in [6.45, 7) is 0.920. The third kappa shape index (κ3) is 5.42. The second-order valence-corrected chi connectivity index (χ2v) is 8.96. The number of morpholine rings is 1. The van der Waals surface area contributed by atoms with E-state index in [1.54, 1.807) is 17.0 Å². The number of carboxylic acid groups (broad SMARTS) is 1. The molecule has 2 heterocycles. The zero-order valence-corrected chi connectivity index (χ0v) is 19.4. The van der Waals surface area contributed by atoms with Crippen LogP contribution in [-0.4, -0.2) is 77.4 Å². The topological polar surface area (TPSA) is 113 Å². The first-order valence-corrected chi connectivity index (χ1v) is 11.1. The van der Waals surface area contributed by atoms with Crippen molar-refractivity contribution in [3.05, 3.63) is 31.5 Å². The average Bonchev–Trinajstić information content (AvgIpc) is 2.95. The smallest absolute Gasteiger partial charge is 0.341 e. The van der Waals surface area contributed by atoms with Gasteiger partial charge in [0.25, 0.3) is 11.1 Å². The van der Waals surface area contributed by atoms with E-state index in [0.717, 1.165) is 16.7 Å². The van der Waals surface area contributed by atoms with Gasteiger partial charge in [-0.3, -0.25) is 19.3 Å². The molecule has 0 bridgehead atoms. The van der Waals surface area contributed by atoms with Crippen molar-refractivity contribution < 1.29 is 33.8 Å². The third-order valence-electron chi connectivity index (χ3n) is 4.19. The first-order valence-electron chi connectivity index (χ1n) is 8.71. The molecular weight excluding hydrogens is 548 g/mol. The van der Waals surface area contributed by atoms with Crippen LogP contribution in [0.4, 0.5) is 4.79 Å². The number of halogens is 2. The minimum absolute atomic E-state index is 0.188. The lowest BCUT2D eigenvalue weighted by molar-refractivity contribution is -0.139. The lowest BCUT2D eigenvalue weighted by Gasteiger charge is -2.28. The largest absolute Gasteiger partial charge is 0.480 e. The molecule has 0 aliphatic carbocycles. The maximum absolute atomic E-state index is 12.7. The van der Waals surface area contributed by atoms with Crippen molar-refractivity contribution >= 4 is 72.7 Å². The molecule has 0 saturated carbocycles. The summed E-state index contributed by atoms with van der Waals surface area (Å²) < 4.78 is 11.4. The molecule has 2 fully saturated rings. The summed E-state index contributed by atoms with van der Waals surface area (Å²) in [7, 11) is 0. The average molecular weight is 564 g/mol. The van der Waals surface area contributed by atoms with Crippen LogP contribution in [0.25, 0.3) is 6.08 Å². The predicted molar refractivity (Wildman–Crippen MR) is 115 cm³/mol. The van der Waals surface area contributed by atoms with E-state index in [4.69, 9.17) is 14.6 Å². The predicted octanol–water partition coefficient (Wildman–Crippen LogP) is 2.57. The monoisotopic (exact) mass is 562 g/mol. The summed E-state index contributed by atoms with van der Waals surface area (Å²) in [5, 5.41) is 8.24. The summed E-state index contributed by atoms with van der Waals surface area (Å²) in [5.41, 5.74) is 0.585. The number of carbonyl (C=O) groups is 4. The molecule has 12 heteroatoms. The number of aliphatic carboxylic acids is 1. The molecular formula is C18H16Br2N2O7S. The van der Waals surface area contributed by atoms with E-state index in [2.05, 4.69) is 31.9 Å². The van der Waals surface area contributed by atoms with Crippen molar-refractivity contribution in [1.82, 2.24) is 9.80 Å². The molecule has 0 spiro atoms. The van der Waals surface area contributed by atoms with Crippen LogP contribution in [0.1, 0.15) is 5.56 Å². The van der Waals surface area contributed by atoms with Crippen LogP contribution >= 0.6 is 43.6 Å². The molecule has 2 aliphatic rings. The Morgan fingerprint density at radius 2 is 1.83 bits per heavy atom. The molecule has 1 aromatic carbocycles. The molecule has 1 aromatic rings.